The van der Waals surface area contributed by atoms with E-state index < -0.39 is 17.5 Å². The van der Waals surface area contributed by atoms with E-state index in [4.69, 9.17) is 0 Å². The number of nitrogens with zero attached hydrogens (tertiary/aromatic N) is 1. The molecule has 3 N–H and O–H groups in total. The summed E-state index contributed by atoms with van der Waals surface area (Å²) >= 11 is 0. The van der Waals surface area contributed by atoms with Crippen molar-refractivity contribution in [2.45, 2.75) is 44.8 Å². The van der Waals surface area contributed by atoms with Gasteiger partial charge in [0.15, 0.2) is 0 Å². The van der Waals surface area contributed by atoms with Gasteiger partial charge in [-0.1, -0.05) is 48.5 Å². The summed E-state index contributed by atoms with van der Waals surface area (Å²) in [5.41, 5.74) is 4.24. The van der Waals surface area contributed by atoms with Crippen LogP contribution in [0.3, 0.4) is 0 Å². The lowest BCUT2D eigenvalue weighted by atomic mass is 9.91. The summed E-state index contributed by atoms with van der Waals surface area (Å²) in [6.45, 7) is 4.13. The molecule has 0 aliphatic carbocycles. The number of carbonyl (C=O) groups excluding carboxylic acids is 4. The number of hydrogen-bond donors (Lipinski definition) is 3. The smallest absolute Gasteiger partial charge is 0.319 e. The molecule has 0 bridgehead atoms. The molecule has 2 aliphatic rings. The largest absolute Gasteiger partial charge is 0.329 e. The van der Waals surface area contributed by atoms with Gasteiger partial charge in [0.2, 0.25) is 11.8 Å². The molecule has 0 saturated carbocycles. The Morgan fingerprint density at radius 3 is 2.46 bits per heavy atom. The van der Waals surface area contributed by atoms with Crippen LogP contribution in [0, 0.1) is 0 Å². The van der Waals surface area contributed by atoms with E-state index in [0.29, 0.717) is 17.7 Å². The fraction of sp³-hybridized carbons (Fsp3) is 0.241. The Bertz CT molecular complexity index is 1400. The molecule has 2 aliphatic heterocycles. The van der Waals surface area contributed by atoms with Gasteiger partial charge in [-0.25, -0.2) is 4.79 Å². The summed E-state index contributed by atoms with van der Waals surface area (Å²) < 4.78 is 0. The Morgan fingerprint density at radius 2 is 1.70 bits per heavy atom. The van der Waals surface area contributed by atoms with E-state index in [2.05, 4.69) is 22.0 Å². The van der Waals surface area contributed by atoms with Crippen molar-refractivity contribution < 1.29 is 19.2 Å². The zero-order valence-corrected chi connectivity index (χ0v) is 20.7. The highest BCUT2D eigenvalue weighted by Gasteiger charge is 2.39. The average molecular weight is 497 g/mol. The molecule has 188 valence electrons. The molecule has 0 spiro atoms. The Labute approximate surface area is 215 Å². The fourth-order valence-corrected chi connectivity index (χ4v) is 4.89. The molecule has 2 heterocycles. The van der Waals surface area contributed by atoms with Crippen molar-refractivity contribution in [1.29, 1.82) is 0 Å². The maximum Gasteiger partial charge on any atom is 0.319 e. The van der Waals surface area contributed by atoms with Gasteiger partial charge >= 0.3 is 6.03 Å². The van der Waals surface area contributed by atoms with Crippen LogP contribution in [0.25, 0.3) is 11.1 Å². The lowest BCUT2D eigenvalue weighted by Crippen LogP contribution is -2.52. The number of hydrogen-bond acceptors (Lipinski definition) is 4. The predicted octanol–water partition coefficient (Wildman–Crippen LogP) is 4.17. The van der Waals surface area contributed by atoms with E-state index in [0.717, 1.165) is 22.3 Å². The number of piperidine rings is 1. The third-order valence-electron chi connectivity index (χ3n) is 6.90. The molecule has 3 aromatic rings. The molecule has 5 amide bonds. The summed E-state index contributed by atoms with van der Waals surface area (Å²) in [6, 6.07) is 22.2. The number of amides is 5. The number of nitrogens with one attached hydrogen (secondary N) is 3. The quantitative estimate of drug-likeness (QED) is 0.461. The third kappa shape index (κ3) is 4.95. The first-order chi connectivity index (χ1) is 17.7. The average Bonchev–Trinajstić information content (AvgIpc) is 3.19. The van der Waals surface area contributed by atoms with Gasteiger partial charge in [0.1, 0.15) is 6.04 Å². The van der Waals surface area contributed by atoms with Crippen LogP contribution < -0.4 is 16.0 Å². The summed E-state index contributed by atoms with van der Waals surface area (Å²) in [4.78, 5) is 51.0. The second-order valence-electron chi connectivity index (χ2n) is 9.92. The van der Waals surface area contributed by atoms with Gasteiger partial charge in [0.05, 0.1) is 5.54 Å². The maximum absolute atomic E-state index is 12.9. The van der Waals surface area contributed by atoms with Crippen LogP contribution in [0.1, 0.15) is 48.2 Å². The summed E-state index contributed by atoms with van der Waals surface area (Å²) in [6.07, 6.45) is 0.506. The van der Waals surface area contributed by atoms with Gasteiger partial charge in [0, 0.05) is 24.2 Å². The molecule has 8 nitrogen and oxygen atoms in total. The Hall–Kier alpha value is -4.46. The van der Waals surface area contributed by atoms with Crippen molar-refractivity contribution in [1.82, 2.24) is 15.5 Å². The van der Waals surface area contributed by atoms with E-state index in [9.17, 15) is 19.2 Å². The first-order valence-electron chi connectivity index (χ1n) is 12.2. The van der Waals surface area contributed by atoms with Crippen LogP contribution in [-0.2, 0) is 21.7 Å². The van der Waals surface area contributed by atoms with Crippen molar-refractivity contribution in [3.8, 4) is 11.1 Å². The number of benzene rings is 3. The third-order valence-corrected chi connectivity index (χ3v) is 6.90. The van der Waals surface area contributed by atoms with Crippen LogP contribution in [0.15, 0.2) is 72.8 Å². The van der Waals surface area contributed by atoms with Gasteiger partial charge in [-0.15, -0.1) is 0 Å². The number of imide groups is 1. The molecule has 8 heteroatoms. The molecule has 1 atom stereocenters. The topological polar surface area (TPSA) is 108 Å². The predicted molar refractivity (Wildman–Crippen MR) is 140 cm³/mol. The van der Waals surface area contributed by atoms with Crippen LogP contribution in [0.4, 0.5) is 10.5 Å². The molecule has 1 unspecified atom stereocenters. The minimum Gasteiger partial charge on any atom is -0.329 e. The molecular weight excluding hydrogens is 468 g/mol. The summed E-state index contributed by atoms with van der Waals surface area (Å²) in [7, 11) is 0. The lowest BCUT2D eigenvalue weighted by molar-refractivity contribution is -0.136. The number of rotatable bonds is 5. The normalized spacial score (nSPS) is 17.3. The molecular formula is C29H28N4O4. The van der Waals surface area contributed by atoms with Gasteiger partial charge in [-0.05, 0) is 66.8 Å². The SMILES string of the molecule is CC(C)(NC(=O)Nc1ccc2c(c1)CN(C1CCC(=O)NC1=O)C2=O)c1cccc(-c2ccccc2)c1. The first-order valence-corrected chi connectivity index (χ1v) is 12.2. The van der Waals surface area contributed by atoms with Crippen molar-refractivity contribution in [2.75, 3.05) is 5.32 Å². The van der Waals surface area contributed by atoms with Gasteiger partial charge < -0.3 is 15.5 Å². The zero-order valence-electron chi connectivity index (χ0n) is 20.7. The highest BCUT2D eigenvalue weighted by Crippen LogP contribution is 2.30. The number of anilines is 1. The highest BCUT2D eigenvalue weighted by molar-refractivity contribution is 6.05. The van der Waals surface area contributed by atoms with E-state index >= 15 is 0 Å². The van der Waals surface area contributed by atoms with Crippen molar-refractivity contribution in [2.24, 2.45) is 0 Å². The molecule has 1 saturated heterocycles. The molecule has 1 fully saturated rings. The van der Waals surface area contributed by atoms with Crippen molar-refractivity contribution in [3.05, 3.63) is 89.5 Å². The van der Waals surface area contributed by atoms with Crippen LogP contribution in [0.2, 0.25) is 0 Å². The Morgan fingerprint density at radius 1 is 0.946 bits per heavy atom. The molecule has 5 rings (SSSR count). The number of carbonyl (C=O) groups is 4. The standard InChI is InChI=1S/C29H28N4O4/c1-29(2,21-10-6-9-19(15-21)18-7-4-3-5-8-18)32-28(37)30-22-11-12-23-20(16-22)17-33(27(23)36)24-13-14-25(34)31-26(24)35/h3-12,15-16,24H,13-14,17H2,1-2H3,(H2,30,32,37)(H,31,34,35). The fourth-order valence-electron chi connectivity index (χ4n) is 4.89. The molecule has 3 aromatic carbocycles. The minimum atomic E-state index is -0.676. The van der Waals surface area contributed by atoms with Crippen molar-refractivity contribution in [3.63, 3.8) is 0 Å². The molecule has 37 heavy (non-hydrogen) atoms. The summed E-state index contributed by atoms with van der Waals surface area (Å²) in [5, 5.41) is 8.20. The molecule has 0 aromatic heterocycles. The van der Waals surface area contributed by atoms with Crippen molar-refractivity contribution >= 4 is 29.4 Å². The second kappa shape index (κ2) is 9.54. The highest BCUT2D eigenvalue weighted by atomic mass is 16.2. The first kappa shape index (κ1) is 24.2. The van der Waals surface area contributed by atoms with E-state index in [1.807, 2.05) is 62.4 Å². The van der Waals surface area contributed by atoms with Crippen LogP contribution in [0.5, 0.6) is 0 Å². The van der Waals surface area contributed by atoms with Crippen LogP contribution in [-0.4, -0.2) is 34.7 Å². The van der Waals surface area contributed by atoms with Crippen LogP contribution >= 0.6 is 0 Å². The lowest BCUT2D eigenvalue weighted by Gasteiger charge is -2.29. The summed E-state index contributed by atoms with van der Waals surface area (Å²) in [5.74, 6) is -1.02. The molecule has 0 radical (unpaired) electrons. The monoisotopic (exact) mass is 496 g/mol. The second-order valence-corrected chi connectivity index (χ2v) is 9.92. The Balaban J connectivity index is 1.26. The maximum atomic E-state index is 12.9. The number of urea groups is 1. The van der Waals surface area contributed by atoms with Gasteiger partial charge in [-0.2, -0.15) is 0 Å². The zero-order chi connectivity index (χ0) is 26.2. The van der Waals surface area contributed by atoms with E-state index in [-0.39, 0.29) is 30.8 Å². The van der Waals surface area contributed by atoms with E-state index in [1.54, 1.807) is 18.2 Å². The number of fused-ring (bicyclic) bond motifs is 1. The van der Waals surface area contributed by atoms with Gasteiger partial charge in [-0.3, -0.25) is 19.7 Å². The van der Waals surface area contributed by atoms with Gasteiger partial charge in [0.25, 0.3) is 5.91 Å². The Kier molecular flexibility index (Phi) is 6.25. The minimum absolute atomic E-state index is 0.202. The van der Waals surface area contributed by atoms with E-state index in [1.165, 1.54) is 4.90 Å².